The van der Waals surface area contributed by atoms with E-state index in [4.69, 9.17) is 9.84 Å². The molecule has 0 aromatic heterocycles. The second-order valence-electron chi connectivity index (χ2n) is 1.74. The minimum Gasteiger partial charge on any atom is -0.396 e. The van der Waals surface area contributed by atoms with Crippen LogP contribution in [0.3, 0.4) is 0 Å². The molecular formula is C6H15NO2. The maximum Gasteiger partial charge on any atom is 0.110 e. The summed E-state index contributed by atoms with van der Waals surface area (Å²) in [5.74, 6) is 0. The molecule has 9 heavy (non-hydrogen) atoms. The van der Waals surface area contributed by atoms with Gasteiger partial charge >= 0.3 is 0 Å². The van der Waals surface area contributed by atoms with E-state index in [0.717, 1.165) is 0 Å². The number of hydrogen-bond donors (Lipinski definition) is 2. The largest absolute Gasteiger partial charge is 0.396 e. The first kappa shape index (κ1) is 8.88. The van der Waals surface area contributed by atoms with E-state index >= 15 is 0 Å². The van der Waals surface area contributed by atoms with Crippen molar-refractivity contribution in [3.8, 4) is 0 Å². The Balaban J connectivity index is 3.18. The van der Waals surface area contributed by atoms with Crippen LogP contribution in [0.4, 0.5) is 0 Å². The van der Waals surface area contributed by atoms with Crippen molar-refractivity contribution in [1.82, 2.24) is 5.32 Å². The lowest BCUT2D eigenvalue weighted by atomic mass is 10.4. The van der Waals surface area contributed by atoms with Gasteiger partial charge in [-0.2, -0.15) is 0 Å². The Hall–Kier alpha value is -0.120. The Kier molecular flexibility index (Phi) is 5.93. The highest BCUT2D eigenvalue weighted by Gasteiger charge is 2.01. The van der Waals surface area contributed by atoms with E-state index in [9.17, 15) is 0 Å². The Morgan fingerprint density at radius 2 is 2.33 bits per heavy atom. The van der Waals surface area contributed by atoms with Crippen molar-refractivity contribution in [1.29, 1.82) is 0 Å². The molecule has 0 spiro atoms. The Bertz CT molecular complexity index is 53.0. The molecule has 0 saturated carbocycles. The fourth-order valence-electron chi connectivity index (χ4n) is 0.629. The van der Waals surface area contributed by atoms with Crippen LogP contribution < -0.4 is 5.32 Å². The quantitative estimate of drug-likeness (QED) is 0.517. The molecule has 1 atom stereocenters. The number of aliphatic hydroxyl groups is 1. The van der Waals surface area contributed by atoms with Gasteiger partial charge in [-0.25, -0.2) is 0 Å². The summed E-state index contributed by atoms with van der Waals surface area (Å²) in [7, 11) is 1.82. The first-order valence-corrected chi connectivity index (χ1v) is 3.24. The smallest absolute Gasteiger partial charge is 0.110 e. The second kappa shape index (κ2) is 6.01. The van der Waals surface area contributed by atoms with E-state index < -0.39 is 0 Å². The van der Waals surface area contributed by atoms with Crippen molar-refractivity contribution in [3.63, 3.8) is 0 Å². The van der Waals surface area contributed by atoms with Crippen molar-refractivity contribution in [2.75, 3.05) is 20.3 Å². The standard InChI is InChI=1S/C6H15NO2/c1-3-9-6(7-2)4-5-8/h6-8H,3-5H2,1-2H3. The van der Waals surface area contributed by atoms with Crippen molar-refractivity contribution in [2.45, 2.75) is 19.6 Å². The average Bonchev–Trinajstić information content (AvgIpc) is 1.88. The average molecular weight is 133 g/mol. The Morgan fingerprint density at radius 1 is 1.67 bits per heavy atom. The van der Waals surface area contributed by atoms with E-state index in [1.54, 1.807) is 0 Å². The minimum atomic E-state index is 0.0139. The number of hydrogen-bond acceptors (Lipinski definition) is 3. The first-order chi connectivity index (χ1) is 4.35. The van der Waals surface area contributed by atoms with Crippen LogP contribution in [0.2, 0.25) is 0 Å². The van der Waals surface area contributed by atoms with Gasteiger partial charge < -0.3 is 9.84 Å². The van der Waals surface area contributed by atoms with E-state index in [0.29, 0.717) is 13.0 Å². The number of aliphatic hydroxyl groups excluding tert-OH is 1. The third-order valence-corrected chi connectivity index (χ3v) is 1.08. The third-order valence-electron chi connectivity index (χ3n) is 1.08. The van der Waals surface area contributed by atoms with Gasteiger partial charge in [0.25, 0.3) is 0 Å². The zero-order chi connectivity index (χ0) is 7.11. The van der Waals surface area contributed by atoms with Crippen molar-refractivity contribution < 1.29 is 9.84 Å². The highest BCUT2D eigenvalue weighted by atomic mass is 16.5. The predicted molar refractivity (Wildman–Crippen MR) is 36.2 cm³/mol. The van der Waals surface area contributed by atoms with Gasteiger partial charge in [0.05, 0.1) is 0 Å². The molecule has 56 valence electrons. The molecule has 0 aliphatic heterocycles. The van der Waals surface area contributed by atoms with E-state index in [1.165, 1.54) is 0 Å². The maximum atomic E-state index is 8.47. The highest BCUT2D eigenvalue weighted by Crippen LogP contribution is 1.90. The molecule has 0 aliphatic rings. The van der Waals surface area contributed by atoms with Gasteiger partial charge in [0.2, 0.25) is 0 Å². The predicted octanol–water partition coefficient (Wildman–Crippen LogP) is -0.0492. The molecule has 3 heteroatoms. The molecule has 0 saturated heterocycles. The summed E-state index contributed by atoms with van der Waals surface area (Å²) in [6.07, 6.45) is 0.671. The zero-order valence-electron chi connectivity index (χ0n) is 6.05. The first-order valence-electron chi connectivity index (χ1n) is 3.24. The van der Waals surface area contributed by atoms with Crippen LogP contribution in [0.15, 0.2) is 0 Å². The SMILES string of the molecule is CCOC(CCO)NC. The third kappa shape index (κ3) is 4.39. The molecule has 0 aromatic rings. The summed E-state index contributed by atoms with van der Waals surface area (Å²) in [5, 5.41) is 11.4. The number of ether oxygens (including phenoxy) is 1. The number of rotatable bonds is 5. The number of nitrogens with one attached hydrogen (secondary N) is 1. The van der Waals surface area contributed by atoms with Gasteiger partial charge in [0.1, 0.15) is 6.23 Å². The molecule has 3 nitrogen and oxygen atoms in total. The van der Waals surface area contributed by atoms with Crippen LogP contribution in [-0.2, 0) is 4.74 Å². The van der Waals surface area contributed by atoms with Crippen molar-refractivity contribution >= 4 is 0 Å². The molecule has 0 fully saturated rings. The van der Waals surface area contributed by atoms with Crippen LogP contribution in [0, 0.1) is 0 Å². The molecular weight excluding hydrogens is 118 g/mol. The highest BCUT2D eigenvalue weighted by molar-refractivity contribution is 4.48. The molecule has 1 unspecified atom stereocenters. The lowest BCUT2D eigenvalue weighted by Gasteiger charge is -2.13. The molecule has 0 aromatic carbocycles. The fraction of sp³-hybridized carbons (Fsp3) is 1.00. The summed E-state index contributed by atoms with van der Waals surface area (Å²) in [6.45, 7) is 2.79. The van der Waals surface area contributed by atoms with Gasteiger partial charge in [-0.3, -0.25) is 5.32 Å². The molecule has 0 aliphatic carbocycles. The maximum absolute atomic E-state index is 8.47. The van der Waals surface area contributed by atoms with Crippen LogP contribution in [0.1, 0.15) is 13.3 Å². The van der Waals surface area contributed by atoms with Gasteiger partial charge in [-0.15, -0.1) is 0 Å². The molecule has 0 radical (unpaired) electrons. The molecule has 0 rings (SSSR count). The fourth-order valence-corrected chi connectivity index (χ4v) is 0.629. The van der Waals surface area contributed by atoms with E-state index in [2.05, 4.69) is 5.32 Å². The topological polar surface area (TPSA) is 41.5 Å². The van der Waals surface area contributed by atoms with Gasteiger partial charge in [-0.1, -0.05) is 0 Å². The molecule has 0 amide bonds. The van der Waals surface area contributed by atoms with Crippen molar-refractivity contribution in [3.05, 3.63) is 0 Å². The van der Waals surface area contributed by atoms with Gasteiger partial charge in [0.15, 0.2) is 0 Å². The van der Waals surface area contributed by atoms with Crippen LogP contribution >= 0.6 is 0 Å². The van der Waals surface area contributed by atoms with Crippen LogP contribution in [0.5, 0.6) is 0 Å². The van der Waals surface area contributed by atoms with Gasteiger partial charge in [0, 0.05) is 19.6 Å². The van der Waals surface area contributed by atoms with Crippen LogP contribution in [-0.4, -0.2) is 31.6 Å². The summed E-state index contributed by atoms with van der Waals surface area (Å²) in [6, 6.07) is 0. The molecule has 0 bridgehead atoms. The lowest BCUT2D eigenvalue weighted by molar-refractivity contribution is 0.0263. The summed E-state index contributed by atoms with van der Waals surface area (Å²) >= 11 is 0. The van der Waals surface area contributed by atoms with Crippen LogP contribution in [0.25, 0.3) is 0 Å². The van der Waals surface area contributed by atoms with Gasteiger partial charge in [-0.05, 0) is 14.0 Å². The van der Waals surface area contributed by atoms with Crippen molar-refractivity contribution in [2.24, 2.45) is 0 Å². The zero-order valence-corrected chi connectivity index (χ0v) is 6.05. The second-order valence-corrected chi connectivity index (χ2v) is 1.74. The Labute approximate surface area is 56.0 Å². The summed E-state index contributed by atoms with van der Waals surface area (Å²) in [4.78, 5) is 0. The molecule has 0 heterocycles. The normalized spacial score (nSPS) is 13.7. The van der Waals surface area contributed by atoms with E-state index in [-0.39, 0.29) is 12.8 Å². The van der Waals surface area contributed by atoms with E-state index in [1.807, 2.05) is 14.0 Å². The monoisotopic (exact) mass is 133 g/mol. The lowest BCUT2D eigenvalue weighted by Crippen LogP contribution is -2.29. The Morgan fingerprint density at radius 3 is 2.67 bits per heavy atom. The minimum absolute atomic E-state index is 0.0139. The summed E-state index contributed by atoms with van der Waals surface area (Å²) in [5.41, 5.74) is 0. The summed E-state index contributed by atoms with van der Waals surface area (Å²) < 4.78 is 5.16. The molecule has 2 N–H and O–H groups in total.